The average Bonchev–Trinajstić information content (AvgIpc) is 2.27. The van der Waals surface area contributed by atoms with Crippen molar-refractivity contribution in [3.63, 3.8) is 0 Å². The van der Waals surface area contributed by atoms with Crippen molar-refractivity contribution in [2.45, 2.75) is 26.1 Å². The number of hydrogen-bond acceptors (Lipinski definition) is 6. The van der Waals surface area contributed by atoms with Gasteiger partial charge in [-0.2, -0.15) is 0 Å². The van der Waals surface area contributed by atoms with E-state index in [-0.39, 0.29) is 6.61 Å². The van der Waals surface area contributed by atoms with Crippen LogP contribution in [0.25, 0.3) is 0 Å². The zero-order valence-corrected chi connectivity index (χ0v) is 9.75. The van der Waals surface area contributed by atoms with Crippen LogP contribution in [-0.4, -0.2) is 33.9 Å². The molecule has 0 aromatic carbocycles. The number of ether oxygens (including phenoxy) is 1. The first-order chi connectivity index (χ1) is 7.97. The van der Waals surface area contributed by atoms with Crippen LogP contribution in [0, 0.1) is 6.92 Å². The molecule has 1 aromatic rings. The van der Waals surface area contributed by atoms with Crippen molar-refractivity contribution in [1.82, 2.24) is 4.98 Å². The van der Waals surface area contributed by atoms with Crippen molar-refractivity contribution in [3.05, 3.63) is 23.4 Å². The highest BCUT2D eigenvalue weighted by Crippen LogP contribution is 2.21. The van der Waals surface area contributed by atoms with E-state index in [0.29, 0.717) is 16.9 Å². The third-order valence-electron chi connectivity index (χ3n) is 2.32. The van der Waals surface area contributed by atoms with Crippen LogP contribution in [0.2, 0.25) is 0 Å². The number of carbonyl (C=O) groups is 1. The number of carbonyl (C=O) groups excluding carboxylic acids is 1. The van der Waals surface area contributed by atoms with Gasteiger partial charge in [-0.05, 0) is 25.5 Å². The smallest absolute Gasteiger partial charge is 0.338 e. The second-order valence-corrected chi connectivity index (χ2v) is 3.61. The van der Waals surface area contributed by atoms with E-state index in [1.807, 2.05) is 0 Å². The molecule has 0 saturated heterocycles. The molecule has 0 saturated carbocycles. The molecule has 0 fully saturated rings. The maximum atomic E-state index is 11.3. The second kappa shape index (κ2) is 5.60. The molecule has 6 nitrogen and oxygen atoms in total. The van der Waals surface area contributed by atoms with E-state index in [1.165, 1.54) is 6.20 Å². The molecule has 2 atom stereocenters. The Balaban J connectivity index is 2.88. The number of nitrogen functional groups attached to an aromatic ring is 1. The van der Waals surface area contributed by atoms with Crippen LogP contribution < -0.4 is 5.73 Å². The molecule has 0 aliphatic carbocycles. The number of nitrogens with two attached hydrogens (primary N) is 1. The standard InChI is InChI=1S/C11H16N2O4/c1-3-17-11(16)10(15)9(14)7-5-13-8(12)4-6(7)2/h4-5,9-10,14-15H,3H2,1-2H3,(H2,12,13). The summed E-state index contributed by atoms with van der Waals surface area (Å²) in [5.74, 6) is -0.555. The molecule has 0 bridgehead atoms. The Hall–Kier alpha value is -1.66. The molecule has 2 unspecified atom stereocenters. The fourth-order valence-electron chi connectivity index (χ4n) is 1.42. The zero-order chi connectivity index (χ0) is 13.0. The monoisotopic (exact) mass is 240 g/mol. The Bertz CT molecular complexity index is 408. The lowest BCUT2D eigenvalue weighted by Crippen LogP contribution is -2.30. The molecular weight excluding hydrogens is 224 g/mol. The minimum absolute atomic E-state index is 0.140. The van der Waals surface area contributed by atoms with Crippen LogP contribution in [0.3, 0.4) is 0 Å². The molecule has 1 aromatic heterocycles. The van der Waals surface area contributed by atoms with Crippen LogP contribution in [0.1, 0.15) is 24.2 Å². The van der Waals surface area contributed by atoms with E-state index in [4.69, 9.17) is 5.73 Å². The van der Waals surface area contributed by atoms with Gasteiger partial charge < -0.3 is 20.7 Å². The van der Waals surface area contributed by atoms with E-state index >= 15 is 0 Å². The highest BCUT2D eigenvalue weighted by atomic mass is 16.5. The summed E-state index contributed by atoms with van der Waals surface area (Å²) in [7, 11) is 0. The Kier molecular flexibility index (Phi) is 4.42. The van der Waals surface area contributed by atoms with Gasteiger partial charge in [-0.1, -0.05) is 0 Å². The lowest BCUT2D eigenvalue weighted by atomic mass is 10.0. The molecule has 0 radical (unpaired) electrons. The number of aromatic nitrogens is 1. The van der Waals surface area contributed by atoms with Gasteiger partial charge in [0.2, 0.25) is 0 Å². The third-order valence-corrected chi connectivity index (χ3v) is 2.32. The van der Waals surface area contributed by atoms with Crippen molar-refractivity contribution < 1.29 is 19.7 Å². The quantitative estimate of drug-likeness (QED) is 0.636. The van der Waals surface area contributed by atoms with Gasteiger partial charge in [-0.3, -0.25) is 0 Å². The van der Waals surface area contributed by atoms with E-state index in [2.05, 4.69) is 9.72 Å². The summed E-state index contributed by atoms with van der Waals surface area (Å²) in [5.41, 5.74) is 6.46. The predicted molar refractivity (Wildman–Crippen MR) is 61.0 cm³/mol. The Morgan fingerprint density at radius 1 is 1.59 bits per heavy atom. The summed E-state index contributed by atoms with van der Waals surface area (Å²) in [6, 6.07) is 1.55. The number of aliphatic hydroxyl groups excluding tert-OH is 2. The van der Waals surface area contributed by atoms with Crippen LogP contribution >= 0.6 is 0 Å². The van der Waals surface area contributed by atoms with Gasteiger partial charge in [-0.25, -0.2) is 9.78 Å². The molecule has 1 rings (SSSR count). The third kappa shape index (κ3) is 3.15. The van der Waals surface area contributed by atoms with Gasteiger partial charge in [0, 0.05) is 11.8 Å². The Labute approximate surface area is 99.0 Å². The maximum Gasteiger partial charge on any atom is 0.338 e. The first-order valence-electron chi connectivity index (χ1n) is 5.22. The zero-order valence-electron chi connectivity index (χ0n) is 9.75. The van der Waals surface area contributed by atoms with Crippen LogP contribution in [0.15, 0.2) is 12.3 Å². The molecule has 0 aliphatic rings. The minimum atomic E-state index is -1.63. The fourth-order valence-corrected chi connectivity index (χ4v) is 1.42. The highest BCUT2D eigenvalue weighted by Gasteiger charge is 2.28. The van der Waals surface area contributed by atoms with Gasteiger partial charge in [0.25, 0.3) is 0 Å². The lowest BCUT2D eigenvalue weighted by molar-refractivity contribution is -0.159. The second-order valence-electron chi connectivity index (χ2n) is 3.61. The number of aryl methyl sites for hydroxylation is 1. The molecule has 4 N–H and O–H groups in total. The molecule has 0 amide bonds. The Morgan fingerprint density at radius 3 is 2.76 bits per heavy atom. The first kappa shape index (κ1) is 13.4. The Morgan fingerprint density at radius 2 is 2.24 bits per heavy atom. The van der Waals surface area contributed by atoms with E-state index < -0.39 is 18.2 Å². The predicted octanol–water partition coefficient (Wildman–Crippen LogP) is -0.0704. The van der Waals surface area contributed by atoms with Crippen molar-refractivity contribution in [2.24, 2.45) is 0 Å². The summed E-state index contributed by atoms with van der Waals surface area (Å²) in [5, 5.41) is 19.4. The number of rotatable bonds is 4. The van der Waals surface area contributed by atoms with Gasteiger partial charge in [0.1, 0.15) is 11.9 Å². The number of nitrogens with zero attached hydrogens (tertiary/aromatic N) is 1. The van der Waals surface area contributed by atoms with Crippen LogP contribution in [0.5, 0.6) is 0 Å². The number of pyridine rings is 1. The molecule has 0 spiro atoms. The summed E-state index contributed by atoms with van der Waals surface area (Å²) in [4.78, 5) is 15.1. The van der Waals surface area contributed by atoms with Crippen molar-refractivity contribution in [1.29, 1.82) is 0 Å². The number of hydrogen-bond donors (Lipinski definition) is 3. The summed E-state index contributed by atoms with van der Waals surface area (Å²) < 4.78 is 4.62. The minimum Gasteiger partial charge on any atom is -0.464 e. The van der Waals surface area contributed by atoms with Crippen molar-refractivity contribution in [2.75, 3.05) is 12.3 Å². The van der Waals surface area contributed by atoms with Crippen LogP contribution in [0.4, 0.5) is 5.82 Å². The van der Waals surface area contributed by atoms with E-state index in [0.717, 1.165) is 0 Å². The highest BCUT2D eigenvalue weighted by molar-refractivity contribution is 5.75. The molecular formula is C11H16N2O4. The van der Waals surface area contributed by atoms with Gasteiger partial charge in [0.05, 0.1) is 6.61 Å². The number of aliphatic hydroxyl groups is 2. The largest absolute Gasteiger partial charge is 0.464 e. The number of anilines is 1. The molecule has 1 heterocycles. The molecule has 6 heteroatoms. The molecule has 0 aliphatic heterocycles. The summed E-state index contributed by atoms with van der Waals surface area (Å²) in [6.07, 6.45) is -1.67. The maximum absolute atomic E-state index is 11.3. The average molecular weight is 240 g/mol. The van der Waals surface area contributed by atoms with E-state index in [9.17, 15) is 15.0 Å². The van der Waals surface area contributed by atoms with Gasteiger partial charge >= 0.3 is 5.97 Å². The van der Waals surface area contributed by atoms with Crippen LogP contribution in [-0.2, 0) is 9.53 Å². The topological polar surface area (TPSA) is 106 Å². The first-order valence-corrected chi connectivity index (χ1v) is 5.22. The number of esters is 1. The fraction of sp³-hybridized carbons (Fsp3) is 0.455. The molecule has 17 heavy (non-hydrogen) atoms. The van der Waals surface area contributed by atoms with Gasteiger partial charge in [-0.15, -0.1) is 0 Å². The van der Waals surface area contributed by atoms with Crippen molar-refractivity contribution in [3.8, 4) is 0 Å². The normalized spacial score (nSPS) is 14.1. The van der Waals surface area contributed by atoms with Gasteiger partial charge in [0.15, 0.2) is 6.10 Å². The van der Waals surface area contributed by atoms with E-state index in [1.54, 1.807) is 19.9 Å². The van der Waals surface area contributed by atoms with Crippen molar-refractivity contribution >= 4 is 11.8 Å². The lowest BCUT2D eigenvalue weighted by Gasteiger charge is -2.18. The molecule has 94 valence electrons. The summed E-state index contributed by atoms with van der Waals surface area (Å²) in [6.45, 7) is 3.46. The summed E-state index contributed by atoms with van der Waals surface area (Å²) >= 11 is 0. The SMILES string of the molecule is CCOC(=O)C(O)C(O)c1cnc(N)cc1C.